The number of ether oxygens (including phenoxy) is 1. The monoisotopic (exact) mass is 475 g/mol. The van der Waals surface area contributed by atoms with Crippen molar-refractivity contribution >= 4 is 37.4 Å². The Morgan fingerprint density at radius 3 is 2.47 bits per heavy atom. The SMILES string of the molecule is O=c1c2cc(NS(=O)(=O)CCN3CCOCC3)ccc2ccc2ncc(-c3ccccc3)cc12. The van der Waals surface area contributed by atoms with Gasteiger partial charge in [0.1, 0.15) is 0 Å². The zero-order chi connectivity index (χ0) is 23.5. The second kappa shape index (κ2) is 9.50. The van der Waals surface area contributed by atoms with Gasteiger partial charge in [-0.2, -0.15) is 0 Å². The fourth-order valence-electron chi connectivity index (χ4n) is 4.16. The van der Waals surface area contributed by atoms with Gasteiger partial charge in [0.15, 0.2) is 5.43 Å². The summed E-state index contributed by atoms with van der Waals surface area (Å²) in [4.78, 5) is 20.1. The summed E-state index contributed by atoms with van der Waals surface area (Å²) in [6, 6.07) is 20.3. The normalized spacial score (nSPS) is 14.9. The maximum atomic E-state index is 13.5. The molecule has 0 radical (unpaired) electrons. The molecule has 0 spiro atoms. The van der Waals surface area contributed by atoms with Crippen LogP contribution in [0, 0.1) is 0 Å². The molecule has 7 nitrogen and oxygen atoms in total. The third-order valence-electron chi connectivity index (χ3n) is 6.04. The van der Waals surface area contributed by atoms with Gasteiger partial charge in [-0.1, -0.05) is 42.5 Å². The molecule has 1 N–H and O–H groups in total. The molecule has 0 bridgehead atoms. The second-order valence-electron chi connectivity index (χ2n) is 8.36. The van der Waals surface area contributed by atoms with E-state index in [1.165, 1.54) is 0 Å². The van der Waals surface area contributed by atoms with Gasteiger partial charge in [0.2, 0.25) is 10.0 Å². The van der Waals surface area contributed by atoms with Gasteiger partial charge in [-0.3, -0.25) is 19.4 Å². The predicted octanol–water partition coefficient (Wildman–Crippen LogP) is 3.49. The fraction of sp³-hybridized carbons (Fsp3) is 0.231. The van der Waals surface area contributed by atoms with Crippen LogP contribution in [0.2, 0.25) is 0 Å². The van der Waals surface area contributed by atoms with E-state index in [0.29, 0.717) is 41.7 Å². The number of pyridine rings is 1. The molecule has 0 aliphatic carbocycles. The molecule has 8 heteroatoms. The minimum Gasteiger partial charge on any atom is -0.379 e. The Labute approximate surface area is 198 Å². The third kappa shape index (κ3) is 4.94. The average Bonchev–Trinajstić information content (AvgIpc) is 3.00. The Hall–Kier alpha value is -3.33. The van der Waals surface area contributed by atoms with Gasteiger partial charge < -0.3 is 4.74 Å². The quantitative estimate of drug-likeness (QED) is 0.459. The van der Waals surface area contributed by atoms with Crippen molar-refractivity contribution in [3.8, 4) is 11.1 Å². The van der Waals surface area contributed by atoms with Crippen LogP contribution in [0.3, 0.4) is 0 Å². The second-order valence-corrected chi connectivity index (χ2v) is 10.2. The first-order chi connectivity index (χ1) is 16.5. The lowest BCUT2D eigenvalue weighted by Crippen LogP contribution is -2.39. The summed E-state index contributed by atoms with van der Waals surface area (Å²) in [7, 11) is -3.56. The maximum absolute atomic E-state index is 13.5. The van der Waals surface area contributed by atoms with Crippen molar-refractivity contribution < 1.29 is 13.2 Å². The minimum atomic E-state index is -3.56. The number of hydrogen-bond donors (Lipinski definition) is 1. The largest absolute Gasteiger partial charge is 0.379 e. The highest BCUT2D eigenvalue weighted by Crippen LogP contribution is 2.23. The predicted molar refractivity (Wildman–Crippen MR) is 136 cm³/mol. The molecule has 174 valence electrons. The first kappa shape index (κ1) is 22.5. The van der Waals surface area contributed by atoms with Crippen LogP contribution in [0.5, 0.6) is 0 Å². The lowest BCUT2D eigenvalue weighted by Gasteiger charge is -2.26. The van der Waals surface area contributed by atoms with E-state index in [0.717, 1.165) is 29.6 Å². The summed E-state index contributed by atoms with van der Waals surface area (Å²) < 4.78 is 33.3. The lowest BCUT2D eigenvalue weighted by molar-refractivity contribution is 0.0408. The Kier molecular flexibility index (Phi) is 6.28. The molecule has 4 aromatic rings. The van der Waals surface area contributed by atoms with Crippen molar-refractivity contribution in [1.29, 1.82) is 0 Å². The molecule has 34 heavy (non-hydrogen) atoms. The van der Waals surface area contributed by atoms with Crippen LogP contribution >= 0.6 is 0 Å². The standard InChI is InChI=1S/C26H25N3O4S/c30-26-23-17-22(28-34(31,32)15-12-29-10-13-33-14-11-29)8-6-20(23)7-9-25-24(26)16-21(18-27-25)19-4-2-1-3-5-19/h1-9,16-18,28H,10-15H2. The average molecular weight is 476 g/mol. The van der Waals surface area contributed by atoms with Crippen molar-refractivity contribution in [3.63, 3.8) is 0 Å². The molecule has 0 amide bonds. The number of sulfonamides is 1. The van der Waals surface area contributed by atoms with Crippen LogP contribution in [-0.4, -0.2) is 56.9 Å². The molecule has 3 aromatic carbocycles. The number of benzene rings is 2. The molecule has 0 atom stereocenters. The van der Waals surface area contributed by atoms with Crippen LogP contribution in [0.25, 0.3) is 32.8 Å². The van der Waals surface area contributed by atoms with E-state index in [2.05, 4.69) is 14.6 Å². The Balaban J connectivity index is 1.48. The van der Waals surface area contributed by atoms with Crippen LogP contribution in [-0.2, 0) is 14.8 Å². The third-order valence-corrected chi connectivity index (χ3v) is 7.31. The summed E-state index contributed by atoms with van der Waals surface area (Å²) in [5.74, 6) is -0.0227. The van der Waals surface area contributed by atoms with Gasteiger partial charge in [-0.05, 0) is 35.2 Å². The molecule has 1 saturated heterocycles. The zero-order valence-corrected chi connectivity index (χ0v) is 19.4. The topological polar surface area (TPSA) is 88.6 Å². The first-order valence-corrected chi connectivity index (χ1v) is 12.9. The van der Waals surface area contributed by atoms with Crippen molar-refractivity contribution in [2.24, 2.45) is 0 Å². The first-order valence-electron chi connectivity index (χ1n) is 11.2. The summed E-state index contributed by atoms with van der Waals surface area (Å²) in [5.41, 5.74) is 2.60. The van der Waals surface area contributed by atoms with Crippen molar-refractivity contribution in [2.45, 2.75) is 0 Å². The van der Waals surface area contributed by atoms with Gasteiger partial charge in [0.25, 0.3) is 0 Å². The molecule has 5 rings (SSSR count). The van der Waals surface area contributed by atoms with Gasteiger partial charge in [0, 0.05) is 47.9 Å². The number of fused-ring (bicyclic) bond motifs is 2. The van der Waals surface area contributed by atoms with Crippen LogP contribution in [0.15, 0.2) is 77.7 Å². The Morgan fingerprint density at radius 1 is 0.912 bits per heavy atom. The van der Waals surface area contributed by atoms with E-state index >= 15 is 0 Å². The number of rotatable bonds is 6. The summed E-state index contributed by atoms with van der Waals surface area (Å²) in [5, 5.41) is 1.65. The molecule has 1 fully saturated rings. The number of nitrogens with one attached hydrogen (secondary N) is 1. The minimum absolute atomic E-state index is 0.0227. The molecule has 1 aliphatic heterocycles. The van der Waals surface area contributed by atoms with Crippen molar-refractivity contribution in [2.75, 3.05) is 43.3 Å². The van der Waals surface area contributed by atoms with E-state index in [-0.39, 0.29) is 11.2 Å². The highest BCUT2D eigenvalue weighted by atomic mass is 32.2. The molecular formula is C26H25N3O4S. The summed E-state index contributed by atoms with van der Waals surface area (Å²) >= 11 is 0. The highest BCUT2D eigenvalue weighted by molar-refractivity contribution is 7.92. The van der Waals surface area contributed by atoms with Crippen LogP contribution < -0.4 is 10.2 Å². The van der Waals surface area contributed by atoms with Gasteiger partial charge >= 0.3 is 0 Å². The number of anilines is 1. The van der Waals surface area contributed by atoms with E-state index in [1.54, 1.807) is 24.4 Å². The molecule has 0 saturated carbocycles. The smallest absolute Gasteiger partial charge is 0.233 e. The van der Waals surface area contributed by atoms with Gasteiger partial charge in [-0.25, -0.2) is 8.42 Å². The van der Waals surface area contributed by atoms with Crippen molar-refractivity contribution in [3.05, 3.63) is 83.2 Å². The molecule has 1 aliphatic rings. The number of morpholine rings is 1. The Bertz CT molecular complexity index is 1500. The van der Waals surface area contributed by atoms with Gasteiger partial charge in [-0.15, -0.1) is 0 Å². The maximum Gasteiger partial charge on any atom is 0.233 e. The zero-order valence-electron chi connectivity index (χ0n) is 18.6. The van der Waals surface area contributed by atoms with E-state index < -0.39 is 10.0 Å². The number of aromatic nitrogens is 1. The molecule has 1 aromatic heterocycles. The molecule has 2 heterocycles. The van der Waals surface area contributed by atoms with Crippen LogP contribution in [0.1, 0.15) is 0 Å². The lowest BCUT2D eigenvalue weighted by atomic mass is 10.1. The number of nitrogens with zero attached hydrogens (tertiary/aromatic N) is 2. The van der Waals surface area contributed by atoms with E-state index in [4.69, 9.17) is 4.74 Å². The Morgan fingerprint density at radius 2 is 1.68 bits per heavy atom. The summed E-state index contributed by atoms with van der Waals surface area (Å²) in [6.07, 6.45) is 1.76. The molecular weight excluding hydrogens is 450 g/mol. The van der Waals surface area contributed by atoms with E-state index in [9.17, 15) is 13.2 Å². The molecule has 0 unspecified atom stereocenters. The van der Waals surface area contributed by atoms with Gasteiger partial charge in [0.05, 0.1) is 24.5 Å². The van der Waals surface area contributed by atoms with E-state index in [1.807, 2.05) is 48.5 Å². The van der Waals surface area contributed by atoms with Crippen molar-refractivity contribution in [1.82, 2.24) is 9.88 Å². The van der Waals surface area contributed by atoms with Crippen LogP contribution in [0.4, 0.5) is 5.69 Å². The fourth-order valence-corrected chi connectivity index (χ4v) is 5.25. The summed E-state index contributed by atoms with van der Waals surface area (Å²) in [6.45, 7) is 3.14. The highest BCUT2D eigenvalue weighted by Gasteiger charge is 2.16. The number of hydrogen-bond acceptors (Lipinski definition) is 6.